The minimum Gasteiger partial charge on any atom is -0.465 e. The van der Waals surface area contributed by atoms with Crippen LogP contribution in [0.5, 0.6) is 0 Å². The van der Waals surface area contributed by atoms with E-state index in [2.05, 4.69) is 5.32 Å². The third-order valence-electron chi connectivity index (χ3n) is 4.73. The van der Waals surface area contributed by atoms with Gasteiger partial charge >= 0.3 is 12.1 Å². The van der Waals surface area contributed by atoms with Gasteiger partial charge in [-0.3, -0.25) is 4.79 Å². The van der Waals surface area contributed by atoms with Crippen LogP contribution in [0.25, 0.3) is 0 Å². The van der Waals surface area contributed by atoms with E-state index < -0.39 is 12.1 Å². The number of esters is 1. The van der Waals surface area contributed by atoms with Crippen molar-refractivity contribution >= 4 is 34.3 Å². The van der Waals surface area contributed by atoms with Crippen molar-refractivity contribution in [3.63, 3.8) is 0 Å². The fourth-order valence-corrected chi connectivity index (χ4v) is 4.58. The highest BCUT2D eigenvalue weighted by Crippen LogP contribution is 2.38. The number of carbonyl (C=O) groups is 3. The number of rotatable bonds is 3. The number of ether oxygens (including phenoxy) is 2. The zero-order chi connectivity index (χ0) is 20.4. The van der Waals surface area contributed by atoms with Crippen LogP contribution >= 0.6 is 11.3 Å². The Hall–Kier alpha value is -2.87. The summed E-state index contributed by atoms with van der Waals surface area (Å²) in [6.45, 7) is 4.60. The molecule has 0 fully saturated rings. The number of amides is 2. The zero-order valence-corrected chi connectivity index (χ0v) is 17.1. The van der Waals surface area contributed by atoms with Crippen LogP contribution in [0.4, 0.5) is 9.80 Å². The summed E-state index contributed by atoms with van der Waals surface area (Å²) in [4.78, 5) is 39.4. The average molecular weight is 402 g/mol. The predicted molar refractivity (Wildman–Crippen MR) is 106 cm³/mol. The number of nitrogens with one attached hydrogen (secondary N) is 1. The number of fused-ring (bicyclic) bond motifs is 1. The summed E-state index contributed by atoms with van der Waals surface area (Å²) in [5.41, 5.74) is 3.65. The number of aryl methyl sites for hydroxylation is 2. The Kier molecular flexibility index (Phi) is 5.69. The molecule has 0 saturated carbocycles. The van der Waals surface area contributed by atoms with Gasteiger partial charge in [-0.15, -0.1) is 11.3 Å². The van der Waals surface area contributed by atoms with Gasteiger partial charge < -0.3 is 19.7 Å². The molecular weight excluding hydrogens is 380 g/mol. The van der Waals surface area contributed by atoms with E-state index in [4.69, 9.17) is 9.47 Å². The molecule has 2 heterocycles. The van der Waals surface area contributed by atoms with Crippen molar-refractivity contribution in [1.82, 2.24) is 4.90 Å². The molecule has 3 rings (SSSR count). The molecule has 0 bridgehead atoms. The second kappa shape index (κ2) is 8.02. The Morgan fingerprint density at radius 2 is 1.89 bits per heavy atom. The van der Waals surface area contributed by atoms with Gasteiger partial charge in [0.15, 0.2) is 0 Å². The van der Waals surface area contributed by atoms with Gasteiger partial charge in [0.1, 0.15) is 5.00 Å². The lowest BCUT2D eigenvalue weighted by molar-refractivity contribution is 0.0600. The van der Waals surface area contributed by atoms with Crippen molar-refractivity contribution in [3.8, 4) is 0 Å². The Bertz CT molecular complexity index is 950. The maximum absolute atomic E-state index is 12.8. The van der Waals surface area contributed by atoms with Crippen LogP contribution in [0.15, 0.2) is 18.2 Å². The van der Waals surface area contributed by atoms with Crippen molar-refractivity contribution in [2.45, 2.75) is 26.8 Å². The van der Waals surface area contributed by atoms with Crippen LogP contribution in [0, 0.1) is 13.8 Å². The summed E-state index contributed by atoms with van der Waals surface area (Å²) < 4.78 is 9.72. The SMILES string of the molecule is COC(=O)c1c(NC(=O)c2ccc(C)cc2C)sc2c1CCN(C(=O)OC)C2. The van der Waals surface area contributed by atoms with Crippen molar-refractivity contribution in [2.75, 3.05) is 26.1 Å². The Balaban J connectivity index is 1.94. The molecule has 1 aromatic heterocycles. The molecule has 1 aliphatic rings. The minimum atomic E-state index is -0.500. The molecule has 0 spiro atoms. The fraction of sp³-hybridized carbons (Fsp3) is 0.350. The van der Waals surface area contributed by atoms with Crippen LogP contribution in [-0.2, 0) is 22.4 Å². The number of thiophene rings is 1. The predicted octanol–water partition coefficient (Wildman–Crippen LogP) is 3.53. The van der Waals surface area contributed by atoms with E-state index in [-0.39, 0.29) is 5.91 Å². The summed E-state index contributed by atoms with van der Waals surface area (Å²) in [6, 6.07) is 5.57. The first kappa shape index (κ1) is 19.9. The van der Waals surface area contributed by atoms with Gasteiger partial charge in [0.2, 0.25) is 0 Å². The molecule has 0 atom stereocenters. The lowest BCUT2D eigenvalue weighted by Gasteiger charge is -2.25. The van der Waals surface area contributed by atoms with Gasteiger partial charge in [0.25, 0.3) is 5.91 Å². The summed E-state index contributed by atoms with van der Waals surface area (Å²) in [5.74, 6) is -0.786. The molecule has 2 aromatic rings. The van der Waals surface area contributed by atoms with Crippen LogP contribution in [0.1, 0.15) is 42.3 Å². The second-order valence-electron chi connectivity index (χ2n) is 6.61. The molecule has 0 aliphatic carbocycles. The van der Waals surface area contributed by atoms with Crippen LogP contribution < -0.4 is 5.32 Å². The highest BCUT2D eigenvalue weighted by molar-refractivity contribution is 7.17. The Morgan fingerprint density at radius 1 is 1.14 bits per heavy atom. The first-order valence-corrected chi connectivity index (χ1v) is 9.61. The molecule has 0 saturated heterocycles. The lowest BCUT2D eigenvalue weighted by atomic mass is 10.0. The minimum absolute atomic E-state index is 0.286. The van der Waals surface area contributed by atoms with Crippen molar-refractivity contribution in [3.05, 3.63) is 50.9 Å². The zero-order valence-electron chi connectivity index (χ0n) is 16.3. The van der Waals surface area contributed by atoms with E-state index in [9.17, 15) is 14.4 Å². The maximum atomic E-state index is 12.8. The topological polar surface area (TPSA) is 84.9 Å². The summed E-state index contributed by atoms with van der Waals surface area (Å²) >= 11 is 1.29. The highest BCUT2D eigenvalue weighted by atomic mass is 32.1. The third-order valence-corrected chi connectivity index (χ3v) is 5.87. The van der Waals surface area contributed by atoms with Gasteiger partial charge in [0.05, 0.1) is 26.3 Å². The number of carbonyl (C=O) groups excluding carboxylic acids is 3. The summed E-state index contributed by atoms with van der Waals surface area (Å²) in [6.07, 6.45) is 0.0738. The molecule has 148 valence electrons. The molecule has 1 aliphatic heterocycles. The molecule has 28 heavy (non-hydrogen) atoms. The van der Waals surface area contributed by atoms with Crippen molar-refractivity contribution < 1.29 is 23.9 Å². The van der Waals surface area contributed by atoms with E-state index in [0.29, 0.717) is 35.6 Å². The van der Waals surface area contributed by atoms with Crippen LogP contribution in [0.2, 0.25) is 0 Å². The number of hydrogen-bond acceptors (Lipinski definition) is 6. The van der Waals surface area contributed by atoms with E-state index in [0.717, 1.165) is 21.6 Å². The standard InChI is InChI=1S/C20H22N2O5S/c1-11-5-6-13(12(2)9-11)17(23)21-18-16(19(24)26-3)14-7-8-22(20(25)27-4)10-15(14)28-18/h5-6,9H,7-8,10H2,1-4H3,(H,21,23). The van der Waals surface area contributed by atoms with Gasteiger partial charge in [-0.25, -0.2) is 9.59 Å². The first-order chi connectivity index (χ1) is 13.3. The normalized spacial score (nSPS) is 12.9. The van der Waals surface area contributed by atoms with Crippen LogP contribution in [0.3, 0.4) is 0 Å². The average Bonchev–Trinajstić information content (AvgIpc) is 3.03. The summed E-state index contributed by atoms with van der Waals surface area (Å²) in [7, 11) is 2.65. The fourth-order valence-electron chi connectivity index (χ4n) is 3.33. The number of methoxy groups -OCH3 is 2. The molecular formula is C20H22N2O5S. The number of nitrogens with zero attached hydrogens (tertiary/aromatic N) is 1. The molecule has 1 aromatic carbocycles. The van der Waals surface area contributed by atoms with E-state index in [1.807, 2.05) is 26.0 Å². The van der Waals surface area contributed by atoms with Crippen LogP contribution in [-0.4, -0.2) is 43.6 Å². The third kappa shape index (κ3) is 3.73. The number of anilines is 1. The highest BCUT2D eigenvalue weighted by Gasteiger charge is 2.31. The van der Waals surface area contributed by atoms with Crippen molar-refractivity contribution in [1.29, 1.82) is 0 Å². The Labute approximate surface area is 167 Å². The molecule has 7 nitrogen and oxygen atoms in total. The first-order valence-electron chi connectivity index (χ1n) is 8.80. The molecule has 0 unspecified atom stereocenters. The van der Waals surface area contributed by atoms with Crippen molar-refractivity contribution in [2.24, 2.45) is 0 Å². The molecule has 1 N–H and O–H groups in total. The molecule has 0 radical (unpaired) electrons. The van der Waals surface area contributed by atoms with E-state index in [1.165, 1.54) is 25.6 Å². The largest absolute Gasteiger partial charge is 0.465 e. The smallest absolute Gasteiger partial charge is 0.409 e. The lowest BCUT2D eigenvalue weighted by Crippen LogP contribution is -2.35. The van der Waals surface area contributed by atoms with E-state index >= 15 is 0 Å². The Morgan fingerprint density at radius 3 is 2.54 bits per heavy atom. The van der Waals surface area contributed by atoms with E-state index in [1.54, 1.807) is 11.0 Å². The van der Waals surface area contributed by atoms with Gasteiger partial charge in [-0.2, -0.15) is 0 Å². The molecule has 2 amide bonds. The monoisotopic (exact) mass is 402 g/mol. The maximum Gasteiger partial charge on any atom is 0.409 e. The summed E-state index contributed by atoms with van der Waals surface area (Å²) in [5, 5.41) is 3.30. The van der Waals surface area contributed by atoms with Gasteiger partial charge in [-0.05, 0) is 37.5 Å². The van der Waals surface area contributed by atoms with Gasteiger partial charge in [-0.1, -0.05) is 17.7 Å². The van der Waals surface area contributed by atoms with Gasteiger partial charge in [0, 0.05) is 17.0 Å². The number of hydrogen-bond donors (Lipinski definition) is 1. The second-order valence-corrected chi connectivity index (χ2v) is 7.72. The molecule has 8 heteroatoms. The number of benzene rings is 1. The quantitative estimate of drug-likeness (QED) is 0.794.